The lowest BCUT2D eigenvalue weighted by molar-refractivity contribution is -0.124. The topological polar surface area (TPSA) is 38.3 Å². The average Bonchev–Trinajstić information content (AvgIpc) is 2.36. The summed E-state index contributed by atoms with van der Waals surface area (Å²) in [7, 11) is 0. The van der Waals surface area contributed by atoms with E-state index in [1.54, 1.807) is 26.8 Å². The van der Waals surface area contributed by atoms with Crippen LogP contribution in [-0.2, 0) is 4.79 Å². The predicted octanol–water partition coefficient (Wildman–Crippen LogP) is 6.06. The van der Waals surface area contributed by atoms with Gasteiger partial charge in [-0.3, -0.25) is 4.79 Å². The summed E-state index contributed by atoms with van der Waals surface area (Å²) in [5.41, 5.74) is -0.663. The van der Waals surface area contributed by atoms with Crippen molar-refractivity contribution in [2.24, 2.45) is 17.3 Å². The third kappa shape index (κ3) is 6.29. The van der Waals surface area contributed by atoms with Crippen molar-refractivity contribution in [1.29, 1.82) is 0 Å². The van der Waals surface area contributed by atoms with Gasteiger partial charge in [-0.2, -0.15) is 0 Å². The summed E-state index contributed by atoms with van der Waals surface area (Å²) in [5, 5.41) is 2.79. The Labute approximate surface area is 150 Å². The van der Waals surface area contributed by atoms with E-state index in [2.05, 4.69) is 5.32 Å². The minimum absolute atomic E-state index is 0.136. The molecule has 1 amide bonds. The van der Waals surface area contributed by atoms with E-state index < -0.39 is 12.0 Å². The molecule has 3 nitrogen and oxygen atoms in total. The Kier molecular flexibility index (Phi) is 6.60. The van der Waals surface area contributed by atoms with Crippen LogP contribution in [0.3, 0.4) is 0 Å². The highest BCUT2D eigenvalue weighted by atomic mass is 19.3. The van der Waals surface area contributed by atoms with Crippen LogP contribution in [0, 0.1) is 17.3 Å². The Balaban J connectivity index is 3.11. The van der Waals surface area contributed by atoms with Gasteiger partial charge in [-0.15, -0.1) is 0 Å². The molecule has 0 aliphatic carbocycles. The summed E-state index contributed by atoms with van der Waals surface area (Å²) in [6.45, 7) is 15.4. The molecule has 1 aromatic carbocycles. The molecule has 1 unspecified atom stereocenters. The lowest BCUT2D eigenvalue weighted by Crippen LogP contribution is -2.36. The number of ether oxygens (including phenoxy) is 1. The number of amides is 1. The molecular formula is C20H31F2NO2. The Hall–Kier alpha value is -1.65. The number of rotatable bonds is 5. The Morgan fingerprint density at radius 2 is 1.64 bits per heavy atom. The van der Waals surface area contributed by atoms with Gasteiger partial charge in [-0.05, 0) is 50.3 Å². The number of hydrogen-bond acceptors (Lipinski definition) is 2. The molecule has 0 spiro atoms. The zero-order valence-electron chi connectivity index (χ0n) is 16.5. The smallest absolute Gasteiger partial charge is 0.267 e. The predicted molar refractivity (Wildman–Crippen MR) is 98.2 cm³/mol. The highest BCUT2D eigenvalue weighted by Gasteiger charge is 2.34. The first-order chi connectivity index (χ1) is 11.2. The van der Waals surface area contributed by atoms with Gasteiger partial charge < -0.3 is 10.1 Å². The molecule has 25 heavy (non-hydrogen) atoms. The first kappa shape index (κ1) is 21.4. The summed E-state index contributed by atoms with van der Waals surface area (Å²) in [4.78, 5) is 12.7. The van der Waals surface area contributed by atoms with Crippen molar-refractivity contribution in [3.63, 3.8) is 0 Å². The molecule has 0 aliphatic rings. The third-order valence-corrected chi connectivity index (χ3v) is 3.81. The van der Waals surface area contributed by atoms with Crippen LogP contribution in [0.15, 0.2) is 18.2 Å². The van der Waals surface area contributed by atoms with Crippen LogP contribution >= 0.6 is 0 Å². The van der Waals surface area contributed by atoms with Crippen LogP contribution in [-0.4, -0.2) is 11.5 Å². The molecule has 0 bridgehead atoms. The Morgan fingerprint density at radius 3 is 2.04 bits per heavy atom. The van der Waals surface area contributed by atoms with Gasteiger partial charge in [-0.25, -0.2) is 8.78 Å². The number of hydrogen-bond donors (Lipinski definition) is 1. The van der Waals surface area contributed by atoms with Crippen molar-refractivity contribution >= 4 is 11.6 Å². The highest BCUT2D eigenvalue weighted by molar-refractivity contribution is 5.93. The fourth-order valence-electron chi connectivity index (χ4n) is 3.14. The van der Waals surface area contributed by atoms with Gasteiger partial charge in [0.25, 0.3) is 6.43 Å². The van der Waals surface area contributed by atoms with Crippen molar-refractivity contribution in [3.05, 3.63) is 23.8 Å². The van der Waals surface area contributed by atoms with Gasteiger partial charge in [0.1, 0.15) is 11.4 Å². The zero-order chi connectivity index (χ0) is 19.6. The van der Waals surface area contributed by atoms with E-state index in [9.17, 15) is 13.6 Å². The Bertz CT molecular complexity index is 599. The van der Waals surface area contributed by atoms with E-state index in [1.807, 2.05) is 34.6 Å². The number of alkyl halides is 2. The van der Waals surface area contributed by atoms with E-state index >= 15 is 0 Å². The van der Waals surface area contributed by atoms with Crippen molar-refractivity contribution in [1.82, 2.24) is 0 Å². The first-order valence-electron chi connectivity index (χ1n) is 8.64. The normalized spacial score (nSPS) is 13.9. The molecule has 0 radical (unpaired) electrons. The minimum Gasteiger partial charge on any atom is -0.488 e. The average molecular weight is 355 g/mol. The molecule has 0 aliphatic heterocycles. The van der Waals surface area contributed by atoms with E-state index in [0.717, 1.165) is 0 Å². The summed E-state index contributed by atoms with van der Waals surface area (Å²) in [5.74, 6) is -0.116. The van der Waals surface area contributed by atoms with E-state index in [4.69, 9.17) is 4.74 Å². The van der Waals surface area contributed by atoms with Crippen molar-refractivity contribution < 1.29 is 18.3 Å². The van der Waals surface area contributed by atoms with Gasteiger partial charge in [0.05, 0.1) is 5.56 Å². The maximum absolute atomic E-state index is 13.4. The number of carbonyl (C=O) groups excluding carboxylic acids is 1. The summed E-state index contributed by atoms with van der Waals surface area (Å²) >= 11 is 0. The molecule has 0 saturated carbocycles. The van der Waals surface area contributed by atoms with Crippen molar-refractivity contribution in [2.45, 2.75) is 67.4 Å². The summed E-state index contributed by atoms with van der Waals surface area (Å²) in [6, 6.07) is 4.39. The number of anilines is 1. The fraction of sp³-hybridized carbons (Fsp3) is 0.650. The van der Waals surface area contributed by atoms with Crippen LogP contribution in [0.4, 0.5) is 14.5 Å². The second-order valence-electron chi connectivity index (χ2n) is 8.84. The van der Waals surface area contributed by atoms with Crippen LogP contribution in [0.2, 0.25) is 0 Å². The van der Waals surface area contributed by atoms with E-state index in [0.29, 0.717) is 5.69 Å². The molecule has 0 saturated heterocycles. The van der Waals surface area contributed by atoms with Gasteiger partial charge in [0.2, 0.25) is 5.91 Å². The lowest BCUT2D eigenvalue weighted by atomic mass is 9.74. The number of nitrogens with one attached hydrogen (secondary N) is 1. The molecule has 5 heteroatoms. The lowest BCUT2D eigenvalue weighted by Gasteiger charge is -2.32. The van der Waals surface area contributed by atoms with Crippen molar-refractivity contribution in [2.75, 3.05) is 5.32 Å². The maximum Gasteiger partial charge on any atom is 0.267 e. The molecule has 142 valence electrons. The second-order valence-corrected chi connectivity index (χ2v) is 8.84. The second kappa shape index (κ2) is 7.71. The molecule has 1 N–H and O–H groups in total. The summed E-state index contributed by atoms with van der Waals surface area (Å²) < 4.78 is 32.4. The van der Waals surface area contributed by atoms with E-state index in [-0.39, 0.29) is 34.5 Å². The fourth-order valence-corrected chi connectivity index (χ4v) is 3.14. The number of benzene rings is 1. The van der Waals surface area contributed by atoms with Crippen LogP contribution in [0.5, 0.6) is 5.75 Å². The van der Waals surface area contributed by atoms with Gasteiger partial charge in [-0.1, -0.05) is 34.6 Å². The summed E-state index contributed by atoms with van der Waals surface area (Å²) in [6.07, 6.45) is -2.68. The first-order valence-corrected chi connectivity index (χ1v) is 8.64. The number of carbonyl (C=O) groups is 1. The molecule has 0 aromatic heterocycles. The molecule has 1 atom stereocenters. The van der Waals surface area contributed by atoms with Crippen LogP contribution < -0.4 is 10.1 Å². The van der Waals surface area contributed by atoms with Gasteiger partial charge in [0, 0.05) is 11.6 Å². The van der Waals surface area contributed by atoms with Crippen LogP contribution in [0.25, 0.3) is 0 Å². The van der Waals surface area contributed by atoms with Crippen LogP contribution in [0.1, 0.15) is 67.4 Å². The molecule has 1 rings (SSSR count). The molecule has 0 fully saturated rings. The minimum atomic E-state index is -2.68. The monoisotopic (exact) mass is 355 g/mol. The third-order valence-electron chi connectivity index (χ3n) is 3.81. The van der Waals surface area contributed by atoms with Crippen molar-refractivity contribution in [3.8, 4) is 5.75 Å². The van der Waals surface area contributed by atoms with Gasteiger partial charge in [0.15, 0.2) is 0 Å². The molecule has 0 heterocycles. The van der Waals surface area contributed by atoms with Gasteiger partial charge >= 0.3 is 0 Å². The standard InChI is InChI=1S/C20H31F2NO2/c1-12(2)16(19(3,4)5)18(24)23-13-9-10-15(25-20(6,7)8)14(11-13)17(21)22/h9-12,16-17H,1-8H3,(H,23,24). The zero-order valence-corrected chi connectivity index (χ0v) is 16.5. The highest BCUT2D eigenvalue weighted by Crippen LogP contribution is 2.36. The molecular weight excluding hydrogens is 324 g/mol. The Morgan fingerprint density at radius 1 is 1.08 bits per heavy atom. The molecule has 1 aromatic rings. The number of halogens is 2. The quantitative estimate of drug-likeness (QED) is 0.697. The SMILES string of the molecule is CC(C)C(C(=O)Nc1ccc(OC(C)(C)C)c(C(F)F)c1)C(C)(C)C. The largest absolute Gasteiger partial charge is 0.488 e. The van der Waals surface area contributed by atoms with E-state index in [1.165, 1.54) is 12.1 Å². The maximum atomic E-state index is 13.4.